The number of nitrogens with one attached hydrogen (secondary N) is 1. The van der Waals surface area contributed by atoms with Gasteiger partial charge in [0.05, 0.1) is 29.5 Å². The molecule has 1 unspecified atom stereocenters. The van der Waals surface area contributed by atoms with E-state index in [2.05, 4.69) is 20.7 Å². The summed E-state index contributed by atoms with van der Waals surface area (Å²) in [6.45, 7) is 0. The van der Waals surface area contributed by atoms with E-state index in [0.717, 1.165) is 11.9 Å². The van der Waals surface area contributed by atoms with Crippen molar-refractivity contribution in [2.45, 2.75) is 6.04 Å². The van der Waals surface area contributed by atoms with Gasteiger partial charge in [0.25, 0.3) is 0 Å². The summed E-state index contributed by atoms with van der Waals surface area (Å²) in [5.41, 5.74) is 4.81. The second-order valence-electron chi connectivity index (χ2n) is 4.41. The third-order valence-corrected chi connectivity index (χ3v) is 3.08. The molecule has 0 fully saturated rings. The maximum atomic E-state index is 13.0. The number of aromatic nitrogens is 4. The molecule has 3 N–H and O–H groups in total. The maximum absolute atomic E-state index is 13.0. The Morgan fingerprint density at radius 1 is 1.10 bits per heavy atom. The molecule has 3 aromatic rings. The van der Waals surface area contributed by atoms with E-state index in [1.165, 1.54) is 6.07 Å². The minimum atomic E-state index is -0.444. The summed E-state index contributed by atoms with van der Waals surface area (Å²) in [6.07, 6.45) is 2.75. The summed E-state index contributed by atoms with van der Waals surface area (Å²) in [4.78, 5) is 4.05. The van der Waals surface area contributed by atoms with Crippen LogP contribution >= 0.6 is 0 Å². The van der Waals surface area contributed by atoms with Crippen LogP contribution < -0.4 is 11.3 Å². The summed E-state index contributed by atoms with van der Waals surface area (Å²) in [6, 6.07) is 12.0. The topological polar surface area (TPSA) is 81.7 Å². The Labute approximate surface area is 120 Å². The fourth-order valence-electron chi connectivity index (χ4n) is 2.09. The first-order valence-electron chi connectivity index (χ1n) is 6.33. The van der Waals surface area contributed by atoms with Gasteiger partial charge in [0, 0.05) is 0 Å². The van der Waals surface area contributed by atoms with Crippen LogP contribution in [-0.4, -0.2) is 20.0 Å². The lowest BCUT2D eigenvalue weighted by molar-refractivity contribution is 0.572. The van der Waals surface area contributed by atoms with Crippen molar-refractivity contribution in [3.8, 4) is 5.69 Å². The molecule has 2 aromatic heterocycles. The zero-order valence-electron chi connectivity index (χ0n) is 11.0. The number of benzene rings is 1. The summed E-state index contributed by atoms with van der Waals surface area (Å²) in [5.74, 6) is 5.23. The molecule has 6 nitrogen and oxygen atoms in total. The Morgan fingerprint density at radius 3 is 2.57 bits per heavy atom. The van der Waals surface area contributed by atoms with Gasteiger partial charge in [-0.15, -0.1) is 5.10 Å². The Balaban J connectivity index is 2.03. The number of halogens is 1. The number of rotatable bonds is 4. The number of hydrazine groups is 1. The standard InChI is InChI=1S/C14H13FN6/c15-10-6-7-12(17-8-10)14(19-16)13-9-18-20-21(13)11-4-2-1-3-5-11/h1-9,14,19H,16H2. The maximum Gasteiger partial charge on any atom is 0.141 e. The van der Waals surface area contributed by atoms with Crippen molar-refractivity contribution in [3.05, 3.63) is 72.1 Å². The van der Waals surface area contributed by atoms with Crippen LogP contribution in [0.4, 0.5) is 4.39 Å². The average molecular weight is 284 g/mol. The molecule has 0 aliphatic rings. The van der Waals surface area contributed by atoms with Gasteiger partial charge in [-0.2, -0.15) is 0 Å². The van der Waals surface area contributed by atoms with Crippen LogP contribution in [0.5, 0.6) is 0 Å². The molecule has 0 saturated heterocycles. The van der Waals surface area contributed by atoms with Crippen LogP contribution in [0.1, 0.15) is 17.4 Å². The van der Waals surface area contributed by atoms with Crippen LogP contribution in [0.2, 0.25) is 0 Å². The van der Waals surface area contributed by atoms with Crippen molar-refractivity contribution in [1.82, 2.24) is 25.4 Å². The average Bonchev–Trinajstić information content (AvgIpc) is 3.00. The molecule has 0 aliphatic carbocycles. The predicted molar refractivity (Wildman–Crippen MR) is 74.7 cm³/mol. The fourth-order valence-corrected chi connectivity index (χ4v) is 2.09. The third-order valence-electron chi connectivity index (χ3n) is 3.08. The zero-order chi connectivity index (χ0) is 14.7. The number of hydrogen-bond acceptors (Lipinski definition) is 5. The van der Waals surface area contributed by atoms with E-state index in [4.69, 9.17) is 5.84 Å². The first-order chi connectivity index (χ1) is 10.3. The largest absolute Gasteiger partial charge is 0.270 e. The van der Waals surface area contributed by atoms with E-state index in [0.29, 0.717) is 11.4 Å². The van der Waals surface area contributed by atoms with Crippen molar-refractivity contribution >= 4 is 0 Å². The molecule has 7 heteroatoms. The van der Waals surface area contributed by atoms with E-state index in [9.17, 15) is 4.39 Å². The Bertz CT molecular complexity index is 710. The van der Waals surface area contributed by atoms with E-state index in [1.807, 2.05) is 30.3 Å². The van der Waals surface area contributed by atoms with E-state index in [1.54, 1.807) is 16.9 Å². The van der Waals surface area contributed by atoms with Gasteiger partial charge in [-0.1, -0.05) is 23.4 Å². The number of hydrogen-bond donors (Lipinski definition) is 2. The minimum absolute atomic E-state index is 0.399. The van der Waals surface area contributed by atoms with E-state index >= 15 is 0 Å². The van der Waals surface area contributed by atoms with Crippen LogP contribution in [-0.2, 0) is 0 Å². The Kier molecular flexibility index (Phi) is 3.67. The SMILES string of the molecule is NNC(c1ccc(F)cn1)c1cnnn1-c1ccccc1. The molecule has 1 atom stereocenters. The lowest BCUT2D eigenvalue weighted by Gasteiger charge is -2.16. The van der Waals surface area contributed by atoms with E-state index < -0.39 is 11.9 Å². The van der Waals surface area contributed by atoms with Crippen LogP contribution in [0.3, 0.4) is 0 Å². The lowest BCUT2D eigenvalue weighted by Crippen LogP contribution is -2.31. The van der Waals surface area contributed by atoms with Gasteiger partial charge in [-0.3, -0.25) is 10.8 Å². The van der Waals surface area contributed by atoms with E-state index in [-0.39, 0.29) is 0 Å². The summed E-state index contributed by atoms with van der Waals surface area (Å²) < 4.78 is 14.7. The molecule has 3 rings (SSSR count). The molecule has 2 heterocycles. The van der Waals surface area contributed by atoms with Crippen molar-refractivity contribution < 1.29 is 4.39 Å². The van der Waals surface area contributed by atoms with Gasteiger partial charge >= 0.3 is 0 Å². The molecular weight excluding hydrogens is 271 g/mol. The van der Waals surface area contributed by atoms with Gasteiger partial charge in [0.1, 0.15) is 11.9 Å². The Hall–Kier alpha value is -2.64. The van der Waals surface area contributed by atoms with Crippen molar-refractivity contribution in [2.24, 2.45) is 5.84 Å². The highest BCUT2D eigenvalue weighted by Crippen LogP contribution is 2.21. The second-order valence-corrected chi connectivity index (χ2v) is 4.41. The number of nitrogens with two attached hydrogens (primary N) is 1. The summed E-state index contributed by atoms with van der Waals surface area (Å²) >= 11 is 0. The highest BCUT2D eigenvalue weighted by molar-refractivity contribution is 5.34. The Morgan fingerprint density at radius 2 is 1.90 bits per heavy atom. The molecule has 1 aromatic carbocycles. The van der Waals surface area contributed by atoms with Gasteiger partial charge in [0.2, 0.25) is 0 Å². The molecule has 0 saturated carbocycles. The summed E-state index contributed by atoms with van der Waals surface area (Å²) in [7, 11) is 0. The highest BCUT2D eigenvalue weighted by atomic mass is 19.1. The van der Waals surface area contributed by atoms with Gasteiger partial charge in [-0.25, -0.2) is 14.5 Å². The minimum Gasteiger partial charge on any atom is -0.270 e. The summed E-state index contributed by atoms with van der Waals surface area (Å²) in [5, 5.41) is 7.99. The first-order valence-corrected chi connectivity index (χ1v) is 6.33. The molecule has 0 aliphatic heterocycles. The van der Waals surface area contributed by atoms with Crippen LogP contribution in [0.15, 0.2) is 54.9 Å². The number of nitrogens with zero attached hydrogens (tertiary/aromatic N) is 4. The molecule has 0 radical (unpaired) electrons. The second kappa shape index (κ2) is 5.78. The lowest BCUT2D eigenvalue weighted by atomic mass is 10.1. The van der Waals surface area contributed by atoms with Crippen LogP contribution in [0, 0.1) is 5.82 Å². The van der Waals surface area contributed by atoms with Gasteiger partial charge in [-0.05, 0) is 24.3 Å². The first kappa shape index (κ1) is 13.3. The monoisotopic (exact) mass is 284 g/mol. The van der Waals surface area contributed by atoms with Gasteiger partial charge in [0.15, 0.2) is 0 Å². The molecule has 106 valence electrons. The van der Waals surface area contributed by atoms with Gasteiger partial charge < -0.3 is 0 Å². The molecule has 0 amide bonds. The number of pyridine rings is 1. The zero-order valence-corrected chi connectivity index (χ0v) is 11.0. The molecular formula is C14H13FN6. The van der Waals surface area contributed by atoms with Crippen molar-refractivity contribution in [1.29, 1.82) is 0 Å². The predicted octanol–water partition coefficient (Wildman–Crippen LogP) is 1.35. The fraction of sp³-hybridized carbons (Fsp3) is 0.0714. The van der Waals surface area contributed by atoms with Crippen LogP contribution in [0.25, 0.3) is 5.69 Å². The normalized spacial score (nSPS) is 12.3. The smallest absolute Gasteiger partial charge is 0.141 e. The van der Waals surface area contributed by atoms with Crippen molar-refractivity contribution in [2.75, 3.05) is 0 Å². The quantitative estimate of drug-likeness (QED) is 0.558. The number of para-hydroxylation sites is 1. The third kappa shape index (κ3) is 2.64. The molecule has 0 bridgehead atoms. The van der Waals surface area contributed by atoms with Crippen molar-refractivity contribution in [3.63, 3.8) is 0 Å². The molecule has 0 spiro atoms. The molecule has 21 heavy (non-hydrogen) atoms. The highest BCUT2D eigenvalue weighted by Gasteiger charge is 2.20.